The van der Waals surface area contributed by atoms with Crippen molar-refractivity contribution < 1.29 is 9.84 Å². The van der Waals surface area contributed by atoms with Crippen molar-refractivity contribution in [3.63, 3.8) is 0 Å². The fourth-order valence-electron chi connectivity index (χ4n) is 3.42. The summed E-state index contributed by atoms with van der Waals surface area (Å²) in [6.45, 7) is 3.30. The van der Waals surface area contributed by atoms with Crippen LogP contribution >= 0.6 is 0 Å². The predicted octanol–water partition coefficient (Wildman–Crippen LogP) is 0.599. The molecule has 2 rings (SSSR count). The van der Waals surface area contributed by atoms with Gasteiger partial charge in [0.25, 0.3) is 0 Å². The van der Waals surface area contributed by atoms with Crippen molar-refractivity contribution in [3.8, 4) is 0 Å². The Hall–Kier alpha value is -0.160. The first-order chi connectivity index (χ1) is 8.12. The molecule has 4 atom stereocenters. The third-order valence-electron chi connectivity index (χ3n) is 4.85. The molecule has 0 aromatic heterocycles. The lowest BCUT2D eigenvalue weighted by atomic mass is 9.98. The monoisotopic (exact) mass is 242 g/mol. The lowest BCUT2D eigenvalue weighted by Crippen LogP contribution is -2.48. The largest absolute Gasteiger partial charge is 0.394 e. The molecule has 0 spiro atoms. The molecule has 100 valence electrons. The molecule has 1 aliphatic heterocycles. The molecule has 1 saturated heterocycles. The standard InChI is InChI=1S/C13H26N2O2/c1-10-12(5-7-17-10)15(3)11-4-6-13(8-11,9-16)14-2/h10-12,14,16H,4-9H2,1-3H3. The number of hydrogen-bond acceptors (Lipinski definition) is 4. The summed E-state index contributed by atoms with van der Waals surface area (Å²) in [5, 5.41) is 12.8. The Labute approximate surface area is 104 Å². The van der Waals surface area contributed by atoms with Crippen LogP contribution in [0.3, 0.4) is 0 Å². The van der Waals surface area contributed by atoms with E-state index in [-0.39, 0.29) is 12.1 Å². The molecule has 1 aliphatic carbocycles. The Kier molecular flexibility index (Phi) is 4.08. The normalized spacial score (nSPS) is 42.5. The fraction of sp³-hybridized carbons (Fsp3) is 1.00. The molecule has 0 amide bonds. The van der Waals surface area contributed by atoms with Gasteiger partial charge in [-0.25, -0.2) is 0 Å². The lowest BCUT2D eigenvalue weighted by Gasteiger charge is -2.34. The van der Waals surface area contributed by atoms with E-state index in [0.29, 0.717) is 18.2 Å². The zero-order valence-corrected chi connectivity index (χ0v) is 11.3. The highest BCUT2D eigenvalue weighted by Crippen LogP contribution is 2.34. The number of hydrogen-bond donors (Lipinski definition) is 2. The van der Waals surface area contributed by atoms with E-state index < -0.39 is 0 Å². The minimum atomic E-state index is -0.0539. The topological polar surface area (TPSA) is 44.7 Å². The number of likely N-dealkylation sites (N-methyl/N-ethyl adjacent to an activating group) is 2. The highest BCUT2D eigenvalue weighted by Gasteiger charge is 2.41. The van der Waals surface area contributed by atoms with Gasteiger partial charge in [-0.3, -0.25) is 4.90 Å². The maximum Gasteiger partial charge on any atom is 0.0703 e. The van der Waals surface area contributed by atoms with E-state index in [4.69, 9.17) is 4.74 Å². The van der Waals surface area contributed by atoms with Gasteiger partial charge in [0.2, 0.25) is 0 Å². The van der Waals surface area contributed by atoms with E-state index >= 15 is 0 Å². The zero-order chi connectivity index (χ0) is 12.5. The molecule has 0 radical (unpaired) electrons. The van der Waals surface area contributed by atoms with Crippen LogP contribution in [0.5, 0.6) is 0 Å². The maximum atomic E-state index is 9.53. The van der Waals surface area contributed by atoms with Crippen LogP contribution in [0.15, 0.2) is 0 Å². The first-order valence-corrected chi connectivity index (χ1v) is 6.75. The van der Waals surface area contributed by atoms with Crippen molar-refractivity contribution in [1.82, 2.24) is 10.2 Å². The molecule has 2 aliphatic rings. The summed E-state index contributed by atoms with van der Waals surface area (Å²) in [5.74, 6) is 0. The number of nitrogens with zero attached hydrogens (tertiary/aromatic N) is 1. The number of nitrogens with one attached hydrogen (secondary N) is 1. The maximum absolute atomic E-state index is 9.53. The minimum absolute atomic E-state index is 0.0539. The second-order valence-corrected chi connectivity index (χ2v) is 5.68. The molecule has 0 aromatic carbocycles. The Bertz CT molecular complexity index is 256. The number of rotatable bonds is 4. The lowest BCUT2D eigenvalue weighted by molar-refractivity contribution is 0.0649. The molecule has 1 heterocycles. The van der Waals surface area contributed by atoms with Crippen molar-refractivity contribution in [1.29, 1.82) is 0 Å². The van der Waals surface area contributed by atoms with Gasteiger partial charge in [-0.15, -0.1) is 0 Å². The Balaban J connectivity index is 1.95. The summed E-state index contributed by atoms with van der Waals surface area (Å²) < 4.78 is 5.64. The van der Waals surface area contributed by atoms with E-state index in [0.717, 1.165) is 25.9 Å². The highest BCUT2D eigenvalue weighted by atomic mass is 16.5. The van der Waals surface area contributed by atoms with Crippen molar-refractivity contribution in [2.45, 2.75) is 56.3 Å². The van der Waals surface area contributed by atoms with Crippen LogP contribution in [0.1, 0.15) is 32.6 Å². The van der Waals surface area contributed by atoms with E-state index in [9.17, 15) is 5.11 Å². The highest BCUT2D eigenvalue weighted by molar-refractivity contribution is 5.00. The van der Waals surface area contributed by atoms with Crippen LogP contribution in [0.4, 0.5) is 0 Å². The molecular formula is C13H26N2O2. The molecule has 4 nitrogen and oxygen atoms in total. The predicted molar refractivity (Wildman–Crippen MR) is 68.1 cm³/mol. The van der Waals surface area contributed by atoms with Crippen molar-refractivity contribution in [3.05, 3.63) is 0 Å². The van der Waals surface area contributed by atoms with Crippen LogP contribution in [-0.4, -0.2) is 61.0 Å². The van der Waals surface area contributed by atoms with Crippen LogP contribution in [0.25, 0.3) is 0 Å². The third-order valence-corrected chi connectivity index (χ3v) is 4.85. The average Bonchev–Trinajstić information content (AvgIpc) is 2.95. The van der Waals surface area contributed by atoms with Crippen LogP contribution in [0, 0.1) is 0 Å². The molecule has 17 heavy (non-hydrogen) atoms. The van der Waals surface area contributed by atoms with Gasteiger partial charge in [-0.1, -0.05) is 0 Å². The van der Waals surface area contributed by atoms with Crippen molar-refractivity contribution in [2.24, 2.45) is 0 Å². The van der Waals surface area contributed by atoms with Gasteiger partial charge < -0.3 is 15.2 Å². The molecule has 2 fully saturated rings. The van der Waals surface area contributed by atoms with Gasteiger partial charge in [0.1, 0.15) is 0 Å². The van der Waals surface area contributed by atoms with E-state index in [1.165, 1.54) is 6.42 Å². The molecule has 1 saturated carbocycles. The summed E-state index contributed by atoms with van der Waals surface area (Å²) in [6.07, 6.45) is 4.76. The number of aliphatic hydroxyl groups excluding tert-OH is 1. The first-order valence-electron chi connectivity index (χ1n) is 6.75. The molecular weight excluding hydrogens is 216 g/mol. The van der Waals surface area contributed by atoms with Crippen LogP contribution in [0.2, 0.25) is 0 Å². The summed E-state index contributed by atoms with van der Waals surface area (Å²) >= 11 is 0. The van der Waals surface area contributed by atoms with E-state index in [2.05, 4.69) is 24.2 Å². The molecule has 4 heteroatoms. The van der Waals surface area contributed by atoms with Gasteiger partial charge in [-0.05, 0) is 46.7 Å². The van der Waals surface area contributed by atoms with Crippen molar-refractivity contribution in [2.75, 3.05) is 27.3 Å². The fourth-order valence-corrected chi connectivity index (χ4v) is 3.42. The second kappa shape index (κ2) is 5.22. The Morgan fingerprint density at radius 1 is 1.47 bits per heavy atom. The summed E-state index contributed by atoms with van der Waals surface area (Å²) in [5.41, 5.74) is -0.0539. The third kappa shape index (κ3) is 2.50. The summed E-state index contributed by atoms with van der Waals surface area (Å²) in [6, 6.07) is 1.12. The summed E-state index contributed by atoms with van der Waals surface area (Å²) in [7, 11) is 4.17. The second-order valence-electron chi connectivity index (χ2n) is 5.68. The zero-order valence-electron chi connectivity index (χ0n) is 11.3. The first kappa shape index (κ1) is 13.3. The Morgan fingerprint density at radius 2 is 2.24 bits per heavy atom. The molecule has 0 bridgehead atoms. The van der Waals surface area contributed by atoms with Gasteiger partial charge in [-0.2, -0.15) is 0 Å². The van der Waals surface area contributed by atoms with Crippen LogP contribution < -0.4 is 5.32 Å². The molecule has 0 aromatic rings. The van der Waals surface area contributed by atoms with Gasteiger partial charge in [0.05, 0.1) is 12.7 Å². The van der Waals surface area contributed by atoms with Crippen LogP contribution in [-0.2, 0) is 4.74 Å². The van der Waals surface area contributed by atoms with E-state index in [1.807, 2.05) is 7.05 Å². The quantitative estimate of drug-likeness (QED) is 0.758. The van der Waals surface area contributed by atoms with Gasteiger partial charge in [0, 0.05) is 24.2 Å². The summed E-state index contributed by atoms with van der Waals surface area (Å²) in [4.78, 5) is 2.48. The van der Waals surface area contributed by atoms with Gasteiger partial charge in [0.15, 0.2) is 0 Å². The van der Waals surface area contributed by atoms with Gasteiger partial charge >= 0.3 is 0 Å². The van der Waals surface area contributed by atoms with E-state index in [1.54, 1.807) is 0 Å². The van der Waals surface area contributed by atoms with Crippen molar-refractivity contribution >= 4 is 0 Å². The number of ether oxygens (including phenoxy) is 1. The SMILES string of the molecule is CNC1(CO)CCC(N(C)C2CCOC2C)C1. The Morgan fingerprint density at radius 3 is 2.71 bits per heavy atom. The smallest absolute Gasteiger partial charge is 0.0703 e. The minimum Gasteiger partial charge on any atom is -0.394 e. The molecule has 2 N–H and O–H groups in total. The number of aliphatic hydroxyl groups is 1. The molecule has 4 unspecified atom stereocenters. The average molecular weight is 242 g/mol.